The molecule has 2 aliphatic rings. The Labute approximate surface area is 115 Å². The molecule has 4 heteroatoms. The number of nitrogens with one attached hydrogen (secondary N) is 1. The Kier molecular flexibility index (Phi) is 3.25. The molecule has 2 nitrogen and oxygen atoms in total. The molecule has 3 rings (SSSR count). The maximum Gasteiger partial charge on any atom is 0.124 e. The molecule has 17 heavy (non-hydrogen) atoms. The second-order valence-electron chi connectivity index (χ2n) is 4.91. The fraction of sp³-hybridized carbons (Fsp3) is 0.538. The Morgan fingerprint density at radius 2 is 2.18 bits per heavy atom. The zero-order valence-corrected chi connectivity index (χ0v) is 11.8. The van der Waals surface area contributed by atoms with Crippen molar-refractivity contribution in [3.63, 3.8) is 0 Å². The van der Waals surface area contributed by atoms with E-state index in [1.165, 1.54) is 38.4 Å². The first-order valence-corrected chi connectivity index (χ1v) is 7.27. The van der Waals surface area contributed by atoms with Crippen molar-refractivity contribution in [2.24, 2.45) is 0 Å². The number of nitrogens with zero attached hydrogens (tertiary/aromatic N) is 1. The van der Waals surface area contributed by atoms with E-state index in [9.17, 15) is 4.39 Å². The number of anilines is 1. The number of halogens is 2. The van der Waals surface area contributed by atoms with Gasteiger partial charge in [0.1, 0.15) is 5.82 Å². The van der Waals surface area contributed by atoms with Gasteiger partial charge in [-0.05, 0) is 66.6 Å². The van der Waals surface area contributed by atoms with E-state index in [2.05, 4.69) is 32.8 Å². The van der Waals surface area contributed by atoms with Crippen LogP contribution in [0, 0.1) is 9.39 Å². The molecular weight excluding hydrogens is 330 g/mol. The Hall–Kier alpha value is -0.360. The third-order valence-corrected chi connectivity index (χ3v) is 4.77. The van der Waals surface area contributed by atoms with Gasteiger partial charge in [0.05, 0.1) is 0 Å². The van der Waals surface area contributed by atoms with E-state index in [-0.39, 0.29) is 5.82 Å². The van der Waals surface area contributed by atoms with Crippen molar-refractivity contribution in [2.45, 2.75) is 31.3 Å². The highest BCUT2D eigenvalue weighted by molar-refractivity contribution is 14.1. The topological polar surface area (TPSA) is 15.3 Å². The lowest BCUT2D eigenvalue weighted by Gasteiger charge is -2.22. The van der Waals surface area contributed by atoms with Gasteiger partial charge in [-0.15, -0.1) is 0 Å². The largest absolute Gasteiger partial charge is 0.380 e. The molecule has 1 aromatic carbocycles. The fourth-order valence-electron chi connectivity index (χ4n) is 3.06. The molecule has 0 aromatic heterocycles. The van der Waals surface area contributed by atoms with E-state index in [1.807, 2.05) is 6.07 Å². The summed E-state index contributed by atoms with van der Waals surface area (Å²) < 4.78 is 14.0. The highest BCUT2D eigenvalue weighted by atomic mass is 127. The Morgan fingerprint density at radius 3 is 3.00 bits per heavy atom. The van der Waals surface area contributed by atoms with Gasteiger partial charge in [0.2, 0.25) is 0 Å². The standard InChI is InChI=1S/C13H16FIN2/c14-9-3-4-11(10(15)8-9)16-12-5-7-17-6-1-2-13(12)17/h3-4,8,12-13,16H,1-2,5-7H2. The molecular formula is C13H16FIN2. The second-order valence-corrected chi connectivity index (χ2v) is 6.07. The molecule has 2 unspecified atom stereocenters. The first kappa shape index (κ1) is 11.7. The van der Waals surface area contributed by atoms with Gasteiger partial charge in [0.15, 0.2) is 0 Å². The predicted octanol–water partition coefficient (Wildman–Crippen LogP) is 3.08. The number of fused-ring (bicyclic) bond motifs is 1. The lowest BCUT2D eigenvalue weighted by Crippen LogP contribution is -2.33. The minimum absolute atomic E-state index is 0.158. The van der Waals surface area contributed by atoms with Crippen LogP contribution in [0.2, 0.25) is 0 Å². The molecule has 2 atom stereocenters. The number of benzene rings is 1. The van der Waals surface area contributed by atoms with Crippen molar-refractivity contribution in [3.05, 3.63) is 27.6 Å². The summed E-state index contributed by atoms with van der Waals surface area (Å²) in [6, 6.07) is 6.21. The van der Waals surface area contributed by atoms with Gasteiger partial charge in [-0.25, -0.2) is 4.39 Å². The Morgan fingerprint density at radius 1 is 1.29 bits per heavy atom. The Bertz CT molecular complexity index is 424. The monoisotopic (exact) mass is 346 g/mol. The number of hydrogen-bond donors (Lipinski definition) is 1. The van der Waals surface area contributed by atoms with Gasteiger partial charge < -0.3 is 5.32 Å². The summed E-state index contributed by atoms with van der Waals surface area (Å²) in [7, 11) is 0. The molecule has 1 aromatic rings. The van der Waals surface area contributed by atoms with Gasteiger partial charge in [-0.3, -0.25) is 4.90 Å². The molecule has 0 amide bonds. The zero-order chi connectivity index (χ0) is 11.8. The zero-order valence-electron chi connectivity index (χ0n) is 9.63. The van der Waals surface area contributed by atoms with Crippen LogP contribution in [-0.2, 0) is 0 Å². The molecule has 2 heterocycles. The first-order valence-electron chi connectivity index (χ1n) is 6.20. The molecule has 0 bridgehead atoms. The first-order chi connectivity index (χ1) is 8.24. The molecule has 2 saturated heterocycles. The van der Waals surface area contributed by atoms with Crippen molar-refractivity contribution in [2.75, 3.05) is 18.4 Å². The highest BCUT2D eigenvalue weighted by Crippen LogP contribution is 2.31. The van der Waals surface area contributed by atoms with E-state index < -0.39 is 0 Å². The van der Waals surface area contributed by atoms with Gasteiger partial charge in [-0.2, -0.15) is 0 Å². The van der Waals surface area contributed by atoms with E-state index in [0.29, 0.717) is 12.1 Å². The predicted molar refractivity (Wildman–Crippen MR) is 75.7 cm³/mol. The summed E-state index contributed by atoms with van der Waals surface area (Å²) in [4.78, 5) is 2.58. The molecule has 0 saturated carbocycles. The number of rotatable bonds is 2. The van der Waals surface area contributed by atoms with E-state index >= 15 is 0 Å². The third-order valence-electron chi connectivity index (χ3n) is 3.88. The maximum atomic E-state index is 13.0. The van der Waals surface area contributed by atoms with E-state index in [0.717, 1.165) is 9.26 Å². The molecule has 92 valence electrons. The van der Waals surface area contributed by atoms with Crippen LogP contribution in [0.3, 0.4) is 0 Å². The summed E-state index contributed by atoms with van der Waals surface area (Å²) in [6.07, 6.45) is 3.83. The summed E-state index contributed by atoms with van der Waals surface area (Å²) in [5, 5.41) is 3.59. The minimum Gasteiger partial charge on any atom is -0.380 e. The van der Waals surface area contributed by atoms with Gasteiger partial charge in [0, 0.05) is 27.9 Å². The van der Waals surface area contributed by atoms with Crippen LogP contribution in [0.1, 0.15) is 19.3 Å². The molecule has 2 fully saturated rings. The van der Waals surface area contributed by atoms with E-state index in [1.54, 1.807) is 6.07 Å². The average Bonchev–Trinajstić information content (AvgIpc) is 2.86. The lowest BCUT2D eigenvalue weighted by atomic mass is 10.1. The van der Waals surface area contributed by atoms with Crippen LogP contribution in [0.25, 0.3) is 0 Å². The lowest BCUT2D eigenvalue weighted by molar-refractivity contribution is 0.318. The summed E-state index contributed by atoms with van der Waals surface area (Å²) in [6.45, 7) is 2.46. The van der Waals surface area contributed by atoms with Crippen LogP contribution in [0.4, 0.5) is 10.1 Å². The molecule has 0 spiro atoms. The smallest absolute Gasteiger partial charge is 0.124 e. The summed E-state index contributed by atoms with van der Waals surface area (Å²) >= 11 is 2.20. The quantitative estimate of drug-likeness (QED) is 0.828. The normalized spacial score (nSPS) is 28.4. The average molecular weight is 346 g/mol. The van der Waals surface area contributed by atoms with Crippen LogP contribution in [-0.4, -0.2) is 30.1 Å². The van der Waals surface area contributed by atoms with Crippen molar-refractivity contribution < 1.29 is 4.39 Å². The number of hydrogen-bond acceptors (Lipinski definition) is 2. The van der Waals surface area contributed by atoms with Gasteiger partial charge in [0.25, 0.3) is 0 Å². The molecule has 0 radical (unpaired) electrons. The Balaban J connectivity index is 1.74. The summed E-state index contributed by atoms with van der Waals surface area (Å²) in [5.41, 5.74) is 1.07. The van der Waals surface area contributed by atoms with Crippen molar-refractivity contribution in [1.29, 1.82) is 0 Å². The van der Waals surface area contributed by atoms with Gasteiger partial charge >= 0.3 is 0 Å². The summed E-state index contributed by atoms with van der Waals surface area (Å²) in [5.74, 6) is -0.158. The van der Waals surface area contributed by atoms with Gasteiger partial charge in [-0.1, -0.05) is 0 Å². The van der Waals surface area contributed by atoms with E-state index in [4.69, 9.17) is 0 Å². The second kappa shape index (κ2) is 4.72. The van der Waals surface area contributed by atoms with Crippen LogP contribution < -0.4 is 5.32 Å². The molecule has 1 N–H and O–H groups in total. The maximum absolute atomic E-state index is 13.0. The van der Waals surface area contributed by atoms with Crippen LogP contribution in [0.5, 0.6) is 0 Å². The molecule has 0 aliphatic carbocycles. The SMILES string of the molecule is Fc1ccc(NC2CCN3CCCC23)c(I)c1. The minimum atomic E-state index is -0.158. The third kappa shape index (κ3) is 2.29. The van der Waals surface area contributed by atoms with Crippen LogP contribution >= 0.6 is 22.6 Å². The van der Waals surface area contributed by atoms with Crippen molar-refractivity contribution in [1.82, 2.24) is 4.90 Å². The van der Waals surface area contributed by atoms with Crippen molar-refractivity contribution >= 4 is 28.3 Å². The molecule has 2 aliphatic heterocycles. The van der Waals surface area contributed by atoms with Crippen LogP contribution in [0.15, 0.2) is 18.2 Å². The van der Waals surface area contributed by atoms with Crippen molar-refractivity contribution in [3.8, 4) is 0 Å². The fourth-order valence-corrected chi connectivity index (χ4v) is 3.69. The highest BCUT2D eigenvalue weighted by Gasteiger charge is 2.37.